The highest BCUT2D eigenvalue weighted by Crippen LogP contribution is 2.32. The number of hydrogen-bond donors (Lipinski definition) is 2. The van der Waals surface area contributed by atoms with Crippen molar-refractivity contribution in [1.82, 2.24) is 9.62 Å². The van der Waals surface area contributed by atoms with Crippen molar-refractivity contribution in [1.29, 1.82) is 0 Å². The molecule has 1 unspecified atom stereocenters. The maximum absolute atomic E-state index is 12.3. The van der Waals surface area contributed by atoms with Crippen LogP contribution in [-0.4, -0.2) is 54.2 Å². The number of aliphatic hydroxyl groups is 1. The van der Waals surface area contributed by atoms with E-state index in [9.17, 15) is 13.5 Å². The standard InChI is InChI=1S/C14H23N3O3S/c1-8-9(2)15-10(3)17-7-11(4-14(8)17)16-21(19,20)13-5-12(18)6-13/h9,11-13,16,18H,4-7H2,1-3H3/t9-,11?,12?,13?/m0/s1. The van der Waals surface area contributed by atoms with Crippen LogP contribution < -0.4 is 4.72 Å². The third-order valence-electron chi connectivity index (χ3n) is 4.86. The zero-order valence-electron chi connectivity index (χ0n) is 12.7. The van der Waals surface area contributed by atoms with Crippen LogP contribution in [0.5, 0.6) is 0 Å². The SMILES string of the molecule is CC1=N[C@@H](C)C(C)=C2CC(NS(=O)(=O)C3CC(O)C3)CN12. The van der Waals surface area contributed by atoms with Crippen LogP contribution in [-0.2, 0) is 10.0 Å². The third kappa shape index (κ3) is 2.62. The quantitative estimate of drug-likeness (QED) is 0.799. The van der Waals surface area contributed by atoms with Gasteiger partial charge in [0.15, 0.2) is 0 Å². The zero-order valence-corrected chi connectivity index (χ0v) is 13.5. The van der Waals surface area contributed by atoms with Crippen molar-refractivity contribution in [3.05, 3.63) is 11.3 Å². The molecule has 0 radical (unpaired) electrons. The van der Waals surface area contributed by atoms with Crippen molar-refractivity contribution in [2.75, 3.05) is 6.54 Å². The number of rotatable bonds is 3. The first-order valence-electron chi connectivity index (χ1n) is 7.48. The van der Waals surface area contributed by atoms with Gasteiger partial charge in [0.2, 0.25) is 10.0 Å². The smallest absolute Gasteiger partial charge is 0.215 e. The summed E-state index contributed by atoms with van der Waals surface area (Å²) in [6.07, 6.45) is 0.967. The second-order valence-corrected chi connectivity index (χ2v) is 8.40. The Hall–Kier alpha value is -0.920. The predicted octanol–water partition coefficient (Wildman–Crippen LogP) is 0.598. The van der Waals surface area contributed by atoms with Crippen LogP contribution in [0.3, 0.4) is 0 Å². The number of hydrogen-bond acceptors (Lipinski definition) is 5. The first-order chi connectivity index (χ1) is 9.78. The van der Waals surface area contributed by atoms with Crippen molar-refractivity contribution in [3.63, 3.8) is 0 Å². The molecule has 0 bridgehead atoms. The number of nitrogens with one attached hydrogen (secondary N) is 1. The second kappa shape index (κ2) is 5.07. The molecule has 1 saturated carbocycles. The third-order valence-corrected chi connectivity index (χ3v) is 6.79. The van der Waals surface area contributed by atoms with E-state index in [2.05, 4.69) is 28.5 Å². The van der Waals surface area contributed by atoms with E-state index in [1.54, 1.807) is 0 Å². The largest absolute Gasteiger partial charge is 0.393 e. The number of amidine groups is 1. The normalized spacial score (nSPS) is 36.4. The highest BCUT2D eigenvalue weighted by Gasteiger charge is 2.41. The monoisotopic (exact) mass is 313 g/mol. The van der Waals surface area contributed by atoms with Crippen LogP contribution in [0, 0.1) is 0 Å². The van der Waals surface area contributed by atoms with E-state index in [1.165, 1.54) is 11.3 Å². The van der Waals surface area contributed by atoms with Crippen molar-refractivity contribution >= 4 is 15.9 Å². The molecule has 2 N–H and O–H groups in total. The Labute approximate surface area is 126 Å². The highest BCUT2D eigenvalue weighted by atomic mass is 32.2. The summed E-state index contributed by atoms with van der Waals surface area (Å²) in [5.74, 6) is 0.962. The molecule has 3 aliphatic rings. The molecule has 6 nitrogen and oxygen atoms in total. The summed E-state index contributed by atoms with van der Waals surface area (Å²) in [7, 11) is -3.33. The molecule has 2 atom stereocenters. The Morgan fingerprint density at radius 1 is 1.33 bits per heavy atom. The lowest BCUT2D eigenvalue weighted by Crippen LogP contribution is -2.49. The average Bonchev–Trinajstić information content (AvgIpc) is 2.76. The maximum Gasteiger partial charge on any atom is 0.215 e. The molecule has 0 aromatic heterocycles. The summed E-state index contributed by atoms with van der Waals surface area (Å²) in [5.41, 5.74) is 2.43. The Morgan fingerprint density at radius 2 is 2.00 bits per heavy atom. The van der Waals surface area contributed by atoms with Gasteiger partial charge in [0.25, 0.3) is 0 Å². The van der Waals surface area contributed by atoms with Gasteiger partial charge in [0.1, 0.15) is 5.84 Å². The molecule has 1 saturated heterocycles. The molecule has 0 amide bonds. The number of aliphatic imine (C=N–C) groups is 1. The van der Waals surface area contributed by atoms with Crippen LogP contribution in [0.4, 0.5) is 0 Å². The molecule has 0 aromatic carbocycles. The van der Waals surface area contributed by atoms with E-state index >= 15 is 0 Å². The lowest BCUT2D eigenvalue weighted by Gasteiger charge is -2.31. The summed E-state index contributed by atoms with van der Waals surface area (Å²) >= 11 is 0. The average molecular weight is 313 g/mol. The Balaban J connectivity index is 1.72. The minimum Gasteiger partial charge on any atom is -0.393 e. The highest BCUT2D eigenvalue weighted by molar-refractivity contribution is 7.90. The zero-order chi connectivity index (χ0) is 15.4. The van der Waals surface area contributed by atoms with E-state index in [0.717, 1.165) is 12.3 Å². The van der Waals surface area contributed by atoms with Crippen molar-refractivity contribution in [2.45, 2.75) is 63.5 Å². The van der Waals surface area contributed by atoms with Crippen LogP contribution in [0.15, 0.2) is 16.3 Å². The van der Waals surface area contributed by atoms with E-state index in [0.29, 0.717) is 19.4 Å². The Bertz CT molecular complexity index is 605. The molecule has 118 valence electrons. The fourth-order valence-electron chi connectivity index (χ4n) is 3.33. The molecular weight excluding hydrogens is 290 g/mol. The molecule has 0 spiro atoms. The van der Waals surface area contributed by atoms with Crippen LogP contribution in [0.25, 0.3) is 0 Å². The van der Waals surface area contributed by atoms with Gasteiger partial charge in [0.05, 0.1) is 17.4 Å². The van der Waals surface area contributed by atoms with Gasteiger partial charge in [-0.15, -0.1) is 0 Å². The van der Waals surface area contributed by atoms with Crippen LogP contribution in [0.1, 0.15) is 40.0 Å². The van der Waals surface area contributed by atoms with Gasteiger partial charge >= 0.3 is 0 Å². The molecule has 7 heteroatoms. The van der Waals surface area contributed by atoms with Crippen LogP contribution in [0.2, 0.25) is 0 Å². The van der Waals surface area contributed by atoms with Gasteiger partial charge in [-0.3, -0.25) is 4.99 Å². The van der Waals surface area contributed by atoms with Gasteiger partial charge in [-0.1, -0.05) is 0 Å². The van der Waals surface area contributed by atoms with Crippen LogP contribution >= 0.6 is 0 Å². The predicted molar refractivity (Wildman–Crippen MR) is 81.5 cm³/mol. The Kier molecular flexibility index (Phi) is 3.62. The minimum atomic E-state index is -3.33. The summed E-state index contributed by atoms with van der Waals surface area (Å²) in [5, 5.41) is 8.85. The van der Waals surface area contributed by atoms with Crippen molar-refractivity contribution in [2.24, 2.45) is 4.99 Å². The summed E-state index contributed by atoms with van der Waals surface area (Å²) in [6.45, 7) is 6.75. The number of fused-ring (bicyclic) bond motifs is 1. The van der Waals surface area contributed by atoms with Gasteiger partial charge in [-0.2, -0.15) is 0 Å². The molecule has 2 aliphatic heterocycles. The minimum absolute atomic E-state index is 0.104. The number of aliphatic hydroxyl groups excluding tert-OH is 1. The first kappa shape index (κ1) is 15.0. The van der Waals surface area contributed by atoms with Gasteiger partial charge in [0, 0.05) is 24.7 Å². The Morgan fingerprint density at radius 3 is 2.62 bits per heavy atom. The summed E-state index contributed by atoms with van der Waals surface area (Å²) < 4.78 is 27.3. The molecule has 2 heterocycles. The maximum atomic E-state index is 12.3. The first-order valence-corrected chi connectivity index (χ1v) is 9.03. The fourth-order valence-corrected chi connectivity index (χ4v) is 5.09. The molecule has 3 rings (SSSR count). The lowest BCUT2D eigenvalue weighted by atomic mass is 9.96. The van der Waals surface area contributed by atoms with Crippen molar-refractivity contribution in [3.8, 4) is 0 Å². The van der Waals surface area contributed by atoms with E-state index < -0.39 is 21.4 Å². The molecule has 2 fully saturated rings. The summed E-state index contributed by atoms with van der Waals surface area (Å²) in [4.78, 5) is 6.71. The number of sulfonamides is 1. The summed E-state index contributed by atoms with van der Waals surface area (Å²) in [6, 6.07) is 0.0709. The van der Waals surface area contributed by atoms with E-state index in [-0.39, 0.29) is 12.1 Å². The fraction of sp³-hybridized carbons (Fsp3) is 0.786. The molecule has 1 aliphatic carbocycles. The van der Waals surface area contributed by atoms with Gasteiger partial charge < -0.3 is 10.0 Å². The van der Waals surface area contributed by atoms with Gasteiger partial charge in [-0.05, 0) is 39.2 Å². The van der Waals surface area contributed by atoms with Gasteiger partial charge in [-0.25, -0.2) is 13.1 Å². The topological polar surface area (TPSA) is 82.0 Å². The second-order valence-electron chi connectivity index (χ2n) is 6.40. The van der Waals surface area contributed by atoms with E-state index in [4.69, 9.17) is 0 Å². The van der Waals surface area contributed by atoms with E-state index in [1.807, 2.05) is 6.92 Å². The molecule has 0 aromatic rings. The number of nitrogens with zero attached hydrogens (tertiary/aromatic N) is 2. The molecule has 21 heavy (non-hydrogen) atoms. The lowest BCUT2D eigenvalue weighted by molar-refractivity contribution is 0.0972. The molecular formula is C14H23N3O3S. The van der Waals surface area contributed by atoms with Crippen molar-refractivity contribution < 1.29 is 13.5 Å².